The van der Waals surface area contributed by atoms with E-state index in [0.717, 1.165) is 15.6 Å². The monoisotopic (exact) mass is 302 g/mol. The van der Waals surface area contributed by atoms with Gasteiger partial charge in [-0.3, -0.25) is 0 Å². The van der Waals surface area contributed by atoms with E-state index in [0.29, 0.717) is 52.7 Å². The topological polar surface area (TPSA) is 69.4 Å². The summed E-state index contributed by atoms with van der Waals surface area (Å²) in [6, 6.07) is 5.21. The molecule has 0 aliphatic heterocycles. The van der Waals surface area contributed by atoms with E-state index in [1.807, 2.05) is 0 Å². The van der Waals surface area contributed by atoms with E-state index < -0.39 is 0 Å². The first-order valence-corrected chi connectivity index (χ1v) is 7.18. The van der Waals surface area contributed by atoms with Crippen molar-refractivity contribution < 1.29 is 13.9 Å². The molecule has 0 bridgehead atoms. The van der Waals surface area contributed by atoms with E-state index in [2.05, 4.69) is 0 Å². The van der Waals surface area contributed by atoms with Crippen LogP contribution in [-0.4, -0.2) is 19.0 Å². The fraction of sp³-hybridized carbons (Fsp3) is 0.375. The van der Waals surface area contributed by atoms with Crippen molar-refractivity contribution in [3.8, 4) is 22.8 Å². The standard InChI is InChI=1S/C16H18N2O4/c1-10-16(12-9-11(21-2)7-8-15(12)22-3)18(20)14-6-4-5-13(14)17(10)19/h7-9H,4-6H2,1-3H3. The summed E-state index contributed by atoms with van der Waals surface area (Å²) in [5.41, 5.74) is 2.40. The second kappa shape index (κ2) is 5.36. The molecule has 0 spiro atoms. The predicted molar refractivity (Wildman–Crippen MR) is 81.9 cm³/mol. The van der Waals surface area contributed by atoms with Crippen molar-refractivity contribution in [2.45, 2.75) is 26.2 Å². The molecule has 0 radical (unpaired) electrons. The lowest BCUT2D eigenvalue weighted by Gasteiger charge is -2.19. The summed E-state index contributed by atoms with van der Waals surface area (Å²) >= 11 is 0. The van der Waals surface area contributed by atoms with Crippen molar-refractivity contribution in [3.63, 3.8) is 0 Å². The molecule has 116 valence electrons. The summed E-state index contributed by atoms with van der Waals surface area (Å²) in [5.74, 6) is 1.14. The first-order chi connectivity index (χ1) is 10.6. The largest absolute Gasteiger partial charge is 0.805 e. The minimum Gasteiger partial charge on any atom is -0.805 e. The molecule has 0 saturated heterocycles. The molecular formula is C16H18N2O4. The Morgan fingerprint density at radius 1 is 1.23 bits per heavy atom. The van der Waals surface area contributed by atoms with Crippen molar-refractivity contribution in [1.82, 2.24) is 4.73 Å². The zero-order chi connectivity index (χ0) is 15.9. The van der Waals surface area contributed by atoms with Crippen LogP contribution in [0, 0.1) is 17.0 Å². The Hall–Kier alpha value is -2.50. The molecule has 2 aromatic rings. The Labute approximate surface area is 128 Å². The molecule has 0 N–H and O–H groups in total. The van der Waals surface area contributed by atoms with E-state index in [4.69, 9.17) is 9.47 Å². The highest BCUT2D eigenvalue weighted by Crippen LogP contribution is 2.34. The third-order valence-corrected chi connectivity index (χ3v) is 4.16. The van der Waals surface area contributed by atoms with Gasteiger partial charge in [-0.1, -0.05) is 0 Å². The summed E-state index contributed by atoms with van der Waals surface area (Å²) in [6.45, 7) is 1.66. The zero-order valence-electron chi connectivity index (χ0n) is 12.9. The number of rotatable bonds is 3. The van der Waals surface area contributed by atoms with Crippen LogP contribution < -0.4 is 13.9 Å². The van der Waals surface area contributed by atoms with Crippen molar-refractivity contribution in [1.29, 1.82) is 0 Å². The maximum atomic E-state index is 12.8. The van der Waals surface area contributed by atoms with E-state index >= 15 is 0 Å². The molecule has 3 rings (SSSR count). The van der Waals surface area contributed by atoms with Crippen LogP contribution in [0.1, 0.15) is 23.5 Å². The Morgan fingerprint density at radius 3 is 2.68 bits per heavy atom. The summed E-state index contributed by atoms with van der Waals surface area (Å²) in [4.78, 5) is 12.8. The van der Waals surface area contributed by atoms with Crippen LogP contribution in [0.25, 0.3) is 11.3 Å². The molecule has 1 aliphatic rings. The van der Waals surface area contributed by atoms with Gasteiger partial charge in [-0.25, -0.2) is 0 Å². The number of nitrogens with zero attached hydrogens (tertiary/aromatic N) is 2. The predicted octanol–water partition coefficient (Wildman–Crippen LogP) is 2.23. The van der Waals surface area contributed by atoms with Crippen LogP contribution >= 0.6 is 0 Å². The molecule has 0 saturated carbocycles. The summed E-state index contributed by atoms with van der Waals surface area (Å²) < 4.78 is 12.3. The van der Waals surface area contributed by atoms with Gasteiger partial charge in [-0.05, 0) is 38.0 Å². The number of benzene rings is 1. The third kappa shape index (κ3) is 2.03. The molecule has 1 aliphatic carbocycles. The summed E-state index contributed by atoms with van der Waals surface area (Å²) in [7, 11) is 3.09. The van der Waals surface area contributed by atoms with E-state index in [1.54, 1.807) is 32.2 Å². The average molecular weight is 302 g/mol. The fourth-order valence-electron chi connectivity index (χ4n) is 3.03. The molecule has 0 amide bonds. The van der Waals surface area contributed by atoms with Gasteiger partial charge in [0.05, 0.1) is 35.6 Å². The van der Waals surface area contributed by atoms with Gasteiger partial charge in [0.2, 0.25) is 0 Å². The Balaban J connectivity index is 2.34. The molecule has 1 aromatic carbocycles. The van der Waals surface area contributed by atoms with E-state index in [9.17, 15) is 10.1 Å². The lowest BCUT2D eigenvalue weighted by molar-refractivity contribution is -0.493. The first kappa shape index (κ1) is 14.4. The number of ether oxygens (including phenoxy) is 2. The van der Waals surface area contributed by atoms with Crippen LogP contribution in [0.4, 0.5) is 0 Å². The molecular weight excluding hydrogens is 284 g/mol. The lowest BCUT2D eigenvalue weighted by atomic mass is 10.1. The average Bonchev–Trinajstić information content (AvgIpc) is 3.03. The smallest absolute Gasteiger partial charge is 0.292 e. The normalized spacial score (nSPS) is 13.0. The van der Waals surface area contributed by atoms with Gasteiger partial charge in [0.25, 0.3) is 11.4 Å². The molecule has 0 unspecified atom stereocenters. The van der Waals surface area contributed by atoms with Crippen molar-refractivity contribution >= 4 is 0 Å². The van der Waals surface area contributed by atoms with Crippen molar-refractivity contribution in [2.24, 2.45) is 0 Å². The number of fused-ring (bicyclic) bond motifs is 1. The number of hydrogen-bond donors (Lipinski definition) is 0. The van der Waals surface area contributed by atoms with Gasteiger partial charge in [-0.2, -0.15) is 0 Å². The van der Waals surface area contributed by atoms with Crippen LogP contribution in [0.15, 0.2) is 18.2 Å². The quantitative estimate of drug-likeness (QED) is 0.815. The fourth-order valence-corrected chi connectivity index (χ4v) is 3.03. The van der Waals surface area contributed by atoms with E-state index in [-0.39, 0.29) is 0 Å². The van der Waals surface area contributed by atoms with Gasteiger partial charge in [0, 0.05) is 11.3 Å². The minimum atomic E-state index is 0.325. The highest BCUT2D eigenvalue weighted by Gasteiger charge is 2.31. The SMILES string of the molecule is COc1ccc(OC)c(-c2c(C)n([O-])c3c([n+]2=O)CCC3)c1. The molecule has 1 aromatic heterocycles. The van der Waals surface area contributed by atoms with Gasteiger partial charge in [-0.15, -0.1) is 0 Å². The first-order valence-electron chi connectivity index (χ1n) is 7.18. The molecule has 0 fully saturated rings. The second-order valence-electron chi connectivity index (χ2n) is 5.34. The van der Waals surface area contributed by atoms with Gasteiger partial charge < -0.3 is 19.4 Å². The Morgan fingerprint density at radius 2 is 2.00 bits per heavy atom. The third-order valence-electron chi connectivity index (χ3n) is 4.16. The van der Waals surface area contributed by atoms with Crippen LogP contribution in [0.5, 0.6) is 11.5 Å². The number of hydrogen-bond acceptors (Lipinski definition) is 4. The zero-order valence-corrected chi connectivity index (χ0v) is 12.9. The Kier molecular flexibility index (Phi) is 3.52. The molecule has 1 heterocycles. The highest BCUT2D eigenvalue weighted by atomic mass is 16.5. The van der Waals surface area contributed by atoms with Gasteiger partial charge in [0.15, 0.2) is 0 Å². The molecule has 6 heteroatoms. The maximum Gasteiger partial charge on any atom is 0.292 e. The van der Waals surface area contributed by atoms with Gasteiger partial charge >= 0.3 is 0 Å². The lowest BCUT2D eigenvalue weighted by Crippen LogP contribution is -2.29. The van der Waals surface area contributed by atoms with Crippen LogP contribution in [0.3, 0.4) is 0 Å². The number of methoxy groups -OCH3 is 2. The number of aromatic nitrogens is 2. The maximum absolute atomic E-state index is 12.8. The van der Waals surface area contributed by atoms with Crippen LogP contribution in [0.2, 0.25) is 0 Å². The molecule has 0 atom stereocenters. The van der Waals surface area contributed by atoms with Crippen LogP contribution in [-0.2, 0) is 12.8 Å². The molecule has 6 nitrogen and oxygen atoms in total. The van der Waals surface area contributed by atoms with Crippen molar-refractivity contribution in [3.05, 3.63) is 45.4 Å². The van der Waals surface area contributed by atoms with E-state index in [1.165, 1.54) is 7.11 Å². The van der Waals surface area contributed by atoms with Crippen molar-refractivity contribution in [2.75, 3.05) is 14.2 Å². The second-order valence-corrected chi connectivity index (χ2v) is 5.34. The van der Waals surface area contributed by atoms with Gasteiger partial charge in [0.1, 0.15) is 11.5 Å². The highest BCUT2D eigenvalue weighted by molar-refractivity contribution is 5.69. The molecule has 22 heavy (non-hydrogen) atoms. The summed E-state index contributed by atoms with van der Waals surface area (Å²) in [6.07, 6.45) is 2.11. The minimum absolute atomic E-state index is 0.325. The summed E-state index contributed by atoms with van der Waals surface area (Å²) in [5, 5.41) is 12.5. The Bertz CT molecular complexity index is 796.